The Morgan fingerprint density at radius 2 is 1.12 bits per heavy atom. The maximum Gasteiger partial charge on any atom is -0.0348 e. The fourth-order valence-electron chi connectivity index (χ4n) is 1.98. The molecule has 0 nitrogen and oxygen atoms in total. The molecule has 0 heterocycles. The molecule has 0 amide bonds. The van der Waals surface area contributed by atoms with E-state index in [1.54, 1.807) is 6.08 Å². The van der Waals surface area contributed by atoms with Gasteiger partial charge in [-0.3, -0.25) is 0 Å². The van der Waals surface area contributed by atoms with Crippen molar-refractivity contribution in [1.82, 2.24) is 0 Å². The van der Waals surface area contributed by atoms with Gasteiger partial charge in [0, 0.05) is 0 Å². The summed E-state index contributed by atoms with van der Waals surface area (Å²) < 4.78 is 0. The molecule has 0 spiro atoms. The lowest BCUT2D eigenvalue weighted by molar-refractivity contribution is 0.610. The van der Waals surface area contributed by atoms with Crippen LogP contribution in [0.25, 0.3) is 0 Å². The molecule has 0 rings (SSSR count). The maximum atomic E-state index is 5.33. The summed E-state index contributed by atoms with van der Waals surface area (Å²) in [5.41, 5.74) is 0. The van der Waals surface area contributed by atoms with Gasteiger partial charge >= 0.3 is 0 Å². The molecule has 0 aliphatic rings. The van der Waals surface area contributed by atoms with Gasteiger partial charge in [-0.1, -0.05) is 70.3 Å². The molecule has 0 aromatic rings. The molecule has 0 saturated carbocycles. The Morgan fingerprint density at radius 1 is 0.647 bits per heavy atom. The summed E-state index contributed by atoms with van der Waals surface area (Å²) in [6.07, 6.45) is 22.4. The van der Waals surface area contributed by atoms with Gasteiger partial charge in [0.15, 0.2) is 0 Å². The Morgan fingerprint density at radius 3 is 1.71 bits per heavy atom. The van der Waals surface area contributed by atoms with Crippen molar-refractivity contribution < 1.29 is 0 Å². The molecule has 0 unspecified atom stereocenters. The van der Waals surface area contributed by atoms with Gasteiger partial charge in [0.25, 0.3) is 0 Å². The monoisotopic (exact) mass is 235 g/mol. The van der Waals surface area contributed by atoms with Crippen molar-refractivity contribution in [2.75, 3.05) is 0 Å². The Labute approximate surface area is 109 Å². The van der Waals surface area contributed by atoms with E-state index >= 15 is 0 Å². The normalized spacial score (nSPS) is 11.1. The molecule has 0 atom stereocenters. The number of hydrogen-bond donors (Lipinski definition) is 0. The van der Waals surface area contributed by atoms with Crippen molar-refractivity contribution in [3.8, 4) is 0 Å². The van der Waals surface area contributed by atoms with E-state index < -0.39 is 0 Å². The first-order valence-corrected chi connectivity index (χ1v) is 7.60. The minimum atomic E-state index is 1.07. The van der Waals surface area contributed by atoms with Crippen LogP contribution in [0.1, 0.15) is 84.0 Å². The zero-order valence-electron chi connectivity index (χ0n) is 11.8. The predicted molar refractivity (Wildman–Crippen MR) is 79.1 cm³/mol. The fraction of sp³-hybridized carbons (Fsp3) is 0.765. The van der Waals surface area contributed by atoms with Crippen LogP contribution in [-0.2, 0) is 0 Å². The number of unbranched alkanes of at least 4 members (excludes halogenated alkanes) is 10. The molecular weight excluding hydrogens is 204 g/mol. The van der Waals surface area contributed by atoms with Gasteiger partial charge in [0.1, 0.15) is 0 Å². The van der Waals surface area contributed by atoms with Crippen molar-refractivity contribution in [3.05, 3.63) is 24.8 Å². The topological polar surface area (TPSA) is 0 Å². The minimum absolute atomic E-state index is 1.07. The molecule has 17 heavy (non-hydrogen) atoms. The van der Waals surface area contributed by atoms with Crippen molar-refractivity contribution in [3.63, 3.8) is 0 Å². The number of allylic oxidation sites excluding steroid dienone is 3. The summed E-state index contributed by atoms with van der Waals surface area (Å²) in [6, 6.07) is 0. The van der Waals surface area contributed by atoms with Crippen LogP contribution in [-0.4, -0.2) is 0 Å². The van der Waals surface area contributed by atoms with E-state index in [1.807, 2.05) is 0 Å². The quantitative estimate of drug-likeness (QED) is 0.262. The average Bonchev–Trinajstić information content (AvgIpc) is 2.35. The summed E-state index contributed by atoms with van der Waals surface area (Å²) in [5, 5.41) is 0. The second-order valence-electron chi connectivity index (χ2n) is 4.90. The Balaban J connectivity index is 3.01. The van der Waals surface area contributed by atoms with Crippen LogP contribution in [0.5, 0.6) is 0 Å². The molecule has 0 saturated heterocycles. The first-order valence-electron chi connectivity index (χ1n) is 7.60. The second-order valence-corrected chi connectivity index (χ2v) is 4.90. The highest BCUT2D eigenvalue weighted by Crippen LogP contribution is 2.08. The van der Waals surface area contributed by atoms with Gasteiger partial charge in [-0.15, -0.1) is 0 Å². The lowest BCUT2D eigenvalue weighted by atomic mass is 10.1. The largest absolute Gasteiger partial charge is 0.0885 e. The van der Waals surface area contributed by atoms with Crippen LogP contribution in [0.2, 0.25) is 0 Å². The van der Waals surface area contributed by atoms with Gasteiger partial charge in [0.05, 0.1) is 0 Å². The zero-order chi connectivity index (χ0) is 12.6. The lowest BCUT2D eigenvalue weighted by Gasteiger charge is -1.98. The van der Waals surface area contributed by atoms with Crippen LogP contribution < -0.4 is 0 Å². The third-order valence-corrected chi connectivity index (χ3v) is 3.13. The van der Waals surface area contributed by atoms with Gasteiger partial charge in [-0.2, -0.15) is 0 Å². The molecule has 0 N–H and O–H groups in total. The summed E-state index contributed by atoms with van der Waals surface area (Å²) >= 11 is 0. The van der Waals surface area contributed by atoms with Crippen LogP contribution in [0, 0.1) is 6.58 Å². The third kappa shape index (κ3) is 15.5. The van der Waals surface area contributed by atoms with Gasteiger partial charge < -0.3 is 0 Å². The zero-order valence-corrected chi connectivity index (χ0v) is 11.8. The molecule has 0 fully saturated rings. The number of rotatable bonds is 13. The van der Waals surface area contributed by atoms with E-state index in [0.717, 1.165) is 6.42 Å². The smallest absolute Gasteiger partial charge is 0.0348 e. The standard InChI is InChI=1S/C17H31/c1-3-5-7-9-11-13-15-17-16-14-12-10-8-6-4-2/h1,3,15,17H,4-14,16H2,2H3/b3-1?,17-15-. The Hall–Kier alpha value is -0.520. The highest BCUT2D eigenvalue weighted by Gasteiger charge is 1.88. The third-order valence-electron chi connectivity index (χ3n) is 3.13. The summed E-state index contributed by atoms with van der Waals surface area (Å²) in [5.74, 6) is 0. The predicted octanol–water partition coefficient (Wildman–Crippen LogP) is 6.23. The molecule has 0 bridgehead atoms. The molecule has 0 aromatic carbocycles. The van der Waals surface area contributed by atoms with Crippen LogP contribution in [0.4, 0.5) is 0 Å². The van der Waals surface area contributed by atoms with Gasteiger partial charge in [-0.25, -0.2) is 0 Å². The molecule has 99 valence electrons. The van der Waals surface area contributed by atoms with Gasteiger partial charge in [-0.05, 0) is 38.5 Å². The van der Waals surface area contributed by atoms with Crippen molar-refractivity contribution in [2.24, 2.45) is 0 Å². The van der Waals surface area contributed by atoms with Crippen molar-refractivity contribution in [1.29, 1.82) is 0 Å². The van der Waals surface area contributed by atoms with Gasteiger partial charge in [0.2, 0.25) is 0 Å². The number of hydrogen-bond acceptors (Lipinski definition) is 0. The Bertz CT molecular complexity index is 167. The lowest BCUT2D eigenvalue weighted by Crippen LogP contribution is -1.78. The van der Waals surface area contributed by atoms with Crippen molar-refractivity contribution in [2.45, 2.75) is 84.0 Å². The fourth-order valence-corrected chi connectivity index (χ4v) is 1.98. The van der Waals surface area contributed by atoms with Crippen LogP contribution in [0.15, 0.2) is 18.2 Å². The highest BCUT2D eigenvalue weighted by molar-refractivity contribution is 4.81. The maximum absolute atomic E-state index is 5.33. The molecule has 0 heteroatoms. The highest BCUT2D eigenvalue weighted by atomic mass is 13.9. The molecule has 0 aromatic heterocycles. The Kier molecular flexibility index (Phi) is 15.0. The molecule has 0 aliphatic carbocycles. The minimum Gasteiger partial charge on any atom is -0.0885 e. The van der Waals surface area contributed by atoms with Crippen LogP contribution >= 0.6 is 0 Å². The second kappa shape index (κ2) is 15.5. The van der Waals surface area contributed by atoms with E-state index in [2.05, 4.69) is 19.1 Å². The van der Waals surface area contributed by atoms with Crippen LogP contribution in [0.3, 0.4) is 0 Å². The van der Waals surface area contributed by atoms with Crippen molar-refractivity contribution >= 4 is 0 Å². The average molecular weight is 235 g/mol. The van der Waals surface area contributed by atoms with E-state index in [4.69, 9.17) is 6.58 Å². The van der Waals surface area contributed by atoms with E-state index in [1.165, 1.54) is 70.6 Å². The van der Waals surface area contributed by atoms with E-state index in [-0.39, 0.29) is 0 Å². The SMILES string of the molecule is [CH]=CCCCCC/C=C\CCCCCCCC. The van der Waals surface area contributed by atoms with E-state index in [9.17, 15) is 0 Å². The van der Waals surface area contributed by atoms with E-state index in [0.29, 0.717) is 0 Å². The molecular formula is C17H31. The first kappa shape index (κ1) is 16.5. The first-order chi connectivity index (χ1) is 8.41. The summed E-state index contributed by atoms with van der Waals surface area (Å²) in [6.45, 7) is 7.60. The summed E-state index contributed by atoms with van der Waals surface area (Å²) in [7, 11) is 0. The summed E-state index contributed by atoms with van der Waals surface area (Å²) in [4.78, 5) is 0. The molecule has 1 radical (unpaired) electrons. The molecule has 0 aliphatic heterocycles.